The summed E-state index contributed by atoms with van der Waals surface area (Å²) in [6.45, 7) is 5.65. The molecule has 0 saturated heterocycles. The third-order valence-corrected chi connectivity index (χ3v) is 5.93. The number of pyridine rings is 1. The molecule has 0 unspecified atom stereocenters. The van der Waals surface area contributed by atoms with Crippen LogP contribution >= 0.6 is 23.2 Å². The molecule has 168 valence electrons. The Bertz CT molecular complexity index is 1410. The van der Waals surface area contributed by atoms with Crippen molar-refractivity contribution in [2.45, 2.75) is 20.8 Å². The quantitative estimate of drug-likeness (QED) is 0.301. The molecular formula is C26H22Cl2N2O3. The summed E-state index contributed by atoms with van der Waals surface area (Å²) in [6, 6.07) is 12.8. The van der Waals surface area contributed by atoms with Crippen molar-refractivity contribution in [1.82, 2.24) is 4.98 Å². The van der Waals surface area contributed by atoms with Crippen molar-refractivity contribution >= 4 is 51.5 Å². The number of fused-ring (bicyclic) bond motifs is 1. The molecule has 0 spiro atoms. The van der Waals surface area contributed by atoms with E-state index in [1.165, 1.54) is 6.08 Å². The summed E-state index contributed by atoms with van der Waals surface area (Å²) in [4.78, 5) is 17.0. The van der Waals surface area contributed by atoms with E-state index >= 15 is 0 Å². The molecule has 0 aliphatic heterocycles. The minimum Gasteiger partial charge on any atom is -0.496 e. The van der Waals surface area contributed by atoms with Crippen molar-refractivity contribution in [2.75, 3.05) is 12.4 Å². The smallest absolute Gasteiger partial charge is 0.249 e. The molecule has 0 aliphatic carbocycles. The Balaban J connectivity index is 1.79. The zero-order valence-electron chi connectivity index (χ0n) is 18.6. The number of aromatic nitrogens is 1. The third kappa shape index (κ3) is 4.61. The topological polar surface area (TPSA) is 64.4 Å². The fraction of sp³-hybridized carbons (Fsp3) is 0.154. The van der Waals surface area contributed by atoms with Crippen molar-refractivity contribution in [3.63, 3.8) is 0 Å². The number of carbonyl (C=O) groups excluding carboxylic acids is 1. The SMILES string of the molecule is COc1c(/C(C)=C/C(=O)Nc2cccc(C)n2)cc2c(-c3ccc(Cl)cc3Cl)coc2c1C. The van der Waals surface area contributed by atoms with Crippen molar-refractivity contribution in [2.24, 2.45) is 0 Å². The van der Waals surface area contributed by atoms with Gasteiger partial charge in [0, 0.05) is 44.4 Å². The highest BCUT2D eigenvalue weighted by molar-refractivity contribution is 6.36. The van der Waals surface area contributed by atoms with Gasteiger partial charge in [-0.15, -0.1) is 0 Å². The maximum Gasteiger partial charge on any atom is 0.249 e. The first kappa shape index (κ1) is 22.9. The Kier molecular flexibility index (Phi) is 6.45. The van der Waals surface area contributed by atoms with Gasteiger partial charge in [0.15, 0.2) is 0 Å². The Morgan fingerprint density at radius 1 is 1.12 bits per heavy atom. The van der Waals surface area contributed by atoms with Crippen molar-refractivity contribution in [3.8, 4) is 16.9 Å². The molecule has 4 rings (SSSR count). The number of benzene rings is 2. The zero-order chi connectivity index (χ0) is 23.7. The number of aryl methyl sites for hydroxylation is 2. The molecule has 2 aromatic heterocycles. The maximum atomic E-state index is 12.7. The Hall–Kier alpha value is -3.28. The summed E-state index contributed by atoms with van der Waals surface area (Å²) < 4.78 is 11.6. The summed E-state index contributed by atoms with van der Waals surface area (Å²) >= 11 is 12.5. The van der Waals surface area contributed by atoms with Gasteiger partial charge in [0.2, 0.25) is 5.91 Å². The molecular weight excluding hydrogens is 459 g/mol. The van der Waals surface area contributed by atoms with E-state index < -0.39 is 0 Å². The van der Waals surface area contributed by atoms with E-state index in [-0.39, 0.29) is 5.91 Å². The number of hydrogen-bond donors (Lipinski definition) is 1. The van der Waals surface area contributed by atoms with E-state index in [0.29, 0.717) is 27.2 Å². The number of allylic oxidation sites excluding steroid dienone is 1. The van der Waals surface area contributed by atoms with Crippen LogP contribution in [-0.4, -0.2) is 18.0 Å². The number of methoxy groups -OCH3 is 1. The van der Waals surface area contributed by atoms with Crippen LogP contribution in [0.25, 0.3) is 27.7 Å². The average Bonchev–Trinajstić information content (AvgIpc) is 3.17. The molecule has 1 N–H and O–H groups in total. The van der Waals surface area contributed by atoms with Crippen molar-refractivity contribution < 1.29 is 13.9 Å². The van der Waals surface area contributed by atoms with Crippen LogP contribution in [0.2, 0.25) is 10.0 Å². The number of amides is 1. The van der Waals surface area contributed by atoms with Crippen LogP contribution in [0.3, 0.4) is 0 Å². The van der Waals surface area contributed by atoms with Crippen LogP contribution in [0.4, 0.5) is 5.82 Å². The predicted octanol–water partition coefficient (Wildman–Crippen LogP) is 7.47. The van der Waals surface area contributed by atoms with Crippen molar-refractivity contribution in [1.29, 1.82) is 0 Å². The van der Waals surface area contributed by atoms with Gasteiger partial charge in [-0.25, -0.2) is 4.98 Å². The van der Waals surface area contributed by atoms with Gasteiger partial charge >= 0.3 is 0 Å². The lowest BCUT2D eigenvalue weighted by Gasteiger charge is -2.13. The summed E-state index contributed by atoms with van der Waals surface area (Å²) in [7, 11) is 1.60. The minimum atomic E-state index is -0.279. The zero-order valence-corrected chi connectivity index (χ0v) is 20.1. The van der Waals surface area contributed by atoms with Gasteiger partial charge in [-0.05, 0) is 56.7 Å². The molecule has 2 heterocycles. The van der Waals surface area contributed by atoms with E-state index in [0.717, 1.165) is 38.9 Å². The molecule has 0 atom stereocenters. The molecule has 33 heavy (non-hydrogen) atoms. The van der Waals surface area contributed by atoms with Crippen LogP contribution in [0.1, 0.15) is 23.7 Å². The predicted molar refractivity (Wildman–Crippen MR) is 134 cm³/mol. The Morgan fingerprint density at radius 3 is 2.61 bits per heavy atom. The fourth-order valence-corrected chi connectivity index (χ4v) is 4.35. The van der Waals surface area contributed by atoms with Crippen LogP contribution in [0.5, 0.6) is 5.75 Å². The van der Waals surface area contributed by atoms with Gasteiger partial charge in [0.05, 0.1) is 18.4 Å². The summed E-state index contributed by atoms with van der Waals surface area (Å²) in [5.41, 5.74) is 5.50. The molecule has 0 bridgehead atoms. The van der Waals surface area contributed by atoms with E-state index in [4.69, 9.17) is 32.4 Å². The third-order valence-electron chi connectivity index (χ3n) is 5.38. The van der Waals surface area contributed by atoms with Crippen molar-refractivity contribution in [3.05, 3.63) is 81.7 Å². The van der Waals surface area contributed by atoms with Gasteiger partial charge in [-0.3, -0.25) is 4.79 Å². The number of halogens is 2. The fourth-order valence-electron chi connectivity index (χ4n) is 3.84. The summed E-state index contributed by atoms with van der Waals surface area (Å²) in [5, 5.41) is 4.75. The Labute approximate surface area is 202 Å². The largest absolute Gasteiger partial charge is 0.496 e. The number of anilines is 1. The summed E-state index contributed by atoms with van der Waals surface area (Å²) in [6.07, 6.45) is 3.20. The standard InChI is InChI=1S/C26H22Cl2N2O3/c1-14(10-24(31)30-23-7-5-6-15(2)29-23)19-12-20-21(18-9-8-17(27)11-22(18)28)13-33-26(20)16(3)25(19)32-4/h5-13H,1-4H3,(H,29,30,31)/b14-10+. The lowest BCUT2D eigenvalue weighted by molar-refractivity contribution is -0.111. The molecule has 7 heteroatoms. The van der Waals surface area contributed by atoms with E-state index in [2.05, 4.69) is 10.3 Å². The highest BCUT2D eigenvalue weighted by Crippen LogP contribution is 2.42. The molecule has 0 radical (unpaired) electrons. The van der Waals surface area contributed by atoms with E-state index in [9.17, 15) is 4.79 Å². The second-order valence-corrected chi connectivity index (χ2v) is 8.56. The molecule has 0 fully saturated rings. The Morgan fingerprint density at radius 2 is 1.91 bits per heavy atom. The number of ether oxygens (including phenoxy) is 1. The average molecular weight is 481 g/mol. The van der Waals surface area contributed by atoms with Gasteiger partial charge in [-0.2, -0.15) is 0 Å². The van der Waals surface area contributed by atoms with Gasteiger partial charge in [-0.1, -0.05) is 35.3 Å². The molecule has 0 saturated carbocycles. The maximum absolute atomic E-state index is 12.7. The molecule has 2 aromatic carbocycles. The van der Waals surface area contributed by atoms with Gasteiger partial charge < -0.3 is 14.5 Å². The van der Waals surface area contributed by atoms with Gasteiger partial charge in [0.1, 0.15) is 17.2 Å². The van der Waals surface area contributed by atoms with Crippen LogP contribution < -0.4 is 10.1 Å². The number of nitrogens with zero attached hydrogens (tertiary/aromatic N) is 1. The molecule has 1 amide bonds. The van der Waals surface area contributed by atoms with E-state index in [1.54, 1.807) is 31.6 Å². The first-order chi connectivity index (χ1) is 15.8. The highest BCUT2D eigenvalue weighted by atomic mass is 35.5. The molecule has 0 aliphatic rings. The van der Waals surface area contributed by atoms with Crippen LogP contribution in [0, 0.1) is 13.8 Å². The second kappa shape index (κ2) is 9.30. The molecule has 5 nitrogen and oxygen atoms in total. The molecule has 4 aromatic rings. The highest BCUT2D eigenvalue weighted by Gasteiger charge is 2.20. The van der Waals surface area contributed by atoms with Crippen LogP contribution in [-0.2, 0) is 4.79 Å². The first-order valence-electron chi connectivity index (χ1n) is 10.3. The van der Waals surface area contributed by atoms with Crippen LogP contribution in [0.15, 0.2) is 59.2 Å². The number of carbonyl (C=O) groups is 1. The van der Waals surface area contributed by atoms with Gasteiger partial charge in [0.25, 0.3) is 0 Å². The number of rotatable bonds is 5. The lowest BCUT2D eigenvalue weighted by atomic mass is 9.96. The monoisotopic (exact) mass is 480 g/mol. The number of hydrogen-bond acceptors (Lipinski definition) is 4. The number of nitrogens with one attached hydrogen (secondary N) is 1. The first-order valence-corrected chi connectivity index (χ1v) is 11.0. The lowest BCUT2D eigenvalue weighted by Crippen LogP contribution is -2.10. The minimum absolute atomic E-state index is 0.279. The second-order valence-electron chi connectivity index (χ2n) is 7.71. The summed E-state index contributed by atoms with van der Waals surface area (Å²) in [5.74, 6) is 0.858. The normalized spacial score (nSPS) is 11.6. The van der Waals surface area contributed by atoms with E-state index in [1.807, 2.05) is 45.0 Å². The number of furan rings is 1.